The van der Waals surface area contributed by atoms with Crippen LogP contribution in [0.1, 0.15) is 22.4 Å². The number of hydrogen-bond acceptors (Lipinski definition) is 5. The van der Waals surface area contributed by atoms with Gasteiger partial charge in [0.25, 0.3) is 5.69 Å². The molecule has 7 heteroatoms. The van der Waals surface area contributed by atoms with Crippen LogP contribution < -0.4 is 5.32 Å². The van der Waals surface area contributed by atoms with Crippen molar-refractivity contribution in [3.63, 3.8) is 0 Å². The highest BCUT2D eigenvalue weighted by molar-refractivity contribution is 5.47. The van der Waals surface area contributed by atoms with Gasteiger partial charge < -0.3 is 5.32 Å². The molecule has 0 aliphatic rings. The van der Waals surface area contributed by atoms with E-state index >= 15 is 0 Å². The Bertz CT molecular complexity index is 636. The lowest BCUT2D eigenvalue weighted by molar-refractivity contribution is -0.386. The van der Waals surface area contributed by atoms with Crippen LogP contribution in [-0.4, -0.2) is 19.7 Å². The maximum atomic E-state index is 11.0. The zero-order chi connectivity index (χ0) is 14.7. The summed E-state index contributed by atoms with van der Waals surface area (Å²) in [7, 11) is 1.86. The number of nitrogens with one attached hydrogen (secondary N) is 1. The number of rotatable bonds is 5. The standard InChI is InChI=1S/C13H17N5O2/c1-9-4-15-12(10(2)13(9)18(19)20)7-14-5-11-6-16-17(3)8-11/h4,6,8,14H,5,7H2,1-3H3. The molecule has 2 aromatic rings. The normalized spacial score (nSPS) is 10.8. The molecule has 2 heterocycles. The molecule has 0 aliphatic heterocycles. The largest absolute Gasteiger partial charge is 0.307 e. The van der Waals surface area contributed by atoms with E-state index in [0.717, 1.165) is 5.56 Å². The van der Waals surface area contributed by atoms with Gasteiger partial charge in [-0.1, -0.05) is 0 Å². The molecule has 0 amide bonds. The van der Waals surface area contributed by atoms with Crippen LogP contribution in [-0.2, 0) is 20.1 Å². The number of nitrogens with zero attached hydrogens (tertiary/aromatic N) is 4. The highest BCUT2D eigenvalue weighted by Crippen LogP contribution is 2.23. The zero-order valence-electron chi connectivity index (χ0n) is 11.8. The molecule has 106 valence electrons. The van der Waals surface area contributed by atoms with Gasteiger partial charge in [-0.05, 0) is 13.8 Å². The fourth-order valence-corrected chi connectivity index (χ4v) is 2.11. The van der Waals surface area contributed by atoms with Gasteiger partial charge in [0.1, 0.15) is 0 Å². The molecular weight excluding hydrogens is 258 g/mol. The van der Waals surface area contributed by atoms with Crippen LogP contribution in [0, 0.1) is 24.0 Å². The Morgan fingerprint density at radius 3 is 2.70 bits per heavy atom. The first-order valence-electron chi connectivity index (χ1n) is 6.26. The first kappa shape index (κ1) is 14.1. The molecule has 0 radical (unpaired) electrons. The Hall–Kier alpha value is -2.28. The lowest BCUT2D eigenvalue weighted by Gasteiger charge is -2.08. The molecule has 20 heavy (non-hydrogen) atoms. The van der Waals surface area contributed by atoms with Gasteiger partial charge in [0.15, 0.2) is 0 Å². The van der Waals surface area contributed by atoms with Crippen molar-refractivity contribution in [2.75, 3.05) is 0 Å². The molecule has 0 atom stereocenters. The van der Waals surface area contributed by atoms with Gasteiger partial charge in [-0.2, -0.15) is 5.10 Å². The summed E-state index contributed by atoms with van der Waals surface area (Å²) in [4.78, 5) is 15.0. The van der Waals surface area contributed by atoms with Gasteiger partial charge in [0.05, 0.1) is 16.8 Å². The summed E-state index contributed by atoms with van der Waals surface area (Å²) in [5.41, 5.74) is 3.12. The van der Waals surface area contributed by atoms with E-state index in [1.54, 1.807) is 30.9 Å². The molecule has 0 saturated carbocycles. The van der Waals surface area contributed by atoms with Gasteiger partial charge in [-0.3, -0.25) is 19.8 Å². The van der Waals surface area contributed by atoms with Crippen LogP contribution in [0.5, 0.6) is 0 Å². The third-order valence-electron chi connectivity index (χ3n) is 3.14. The minimum Gasteiger partial charge on any atom is -0.307 e. The summed E-state index contributed by atoms with van der Waals surface area (Å²) < 4.78 is 1.73. The number of aryl methyl sites for hydroxylation is 2. The molecular formula is C13H17N5O2. The average molecular weight is 275 g/mol. The van der Waals surface area contributed by atoms with E-state index < -0.39 is 0 Å². The monoisotopic (exact) mass is 275 g/mol. The summed E-state index contributed by atoms with van der Waals surface area (Å²) in [5, 5.41) is 18.3. The molecule has 0 bridgehead atoms. The van der Waals surface area contributed by atoms with Gasteiger partial charge in [-0.15, -0.1) is 0 Å². The lowest BCUT2D eigenvalue weighted by atomic mass is 10.1. The predicted octanol–water partition coefficient (Wildman–Crippen LogP) is 1.63. The van der Waals surface area contributed by atoms with Crippen LogP contribution in [0.4, 0.5) is 5.69 Å². The molecule has 7 nitrogen and oxygen atoms in total. The van der Waals surface area contributed by atoms with Gasteiger partial charge in [-0.25, -0.2) is 0 Å². The second kappa shape index (κ2) is 5.79. The zero-order valence-corrected chi connectivity index (χ0v) is 11.8. The third-order valence-corrected chi connectivity index (χ3v) is 3.14. The SMILES string of the molecule is Cc1cnc(CNCc2cnn(C)c2)c(C)c1[N+](=O)[O-]. The van der Waals surface area contributed by atoms with Crippen molar-refractivity contribution in [1.29, 1.82) is 0 Å². The molecule has 2 rings (SSSR count). The topological polar surface area (TPSA) is 85.9 Å². The van der Waals surface area contributed by atoms with Crippen molar-refractivity contribution >= 4 is 5.69 Å². The Labute approximate surface area is 116 Å². The van der Waals surface area contributed by atoms with Crippen molar-refractivity contribution in [3.8, 4) is 0 Å². The second-order valence-electron chi connectivity index (χ2n) is 4.74. The van der Waals surface area contributed by atoms with E-state index in [0.29, 0.717) is 29.9 Å². The summed E-state index contributed by atoms with van der Waals surface area (Å²) in [5.74, 6) is 0. The van der Waals surface area contributed by atoms with E-state index in [9.17, 15) is 10.1 Å². The third kappa shape index (κ3) is 3.00. The van der Waals surface area contributed by atoms with Crippen LogP contribution in [0.25, 0.3) is 0 Å². The fraction of sp³-hybridized carbons (Fsp3) is 0.385. The van der Waals surface area contributed by atoms with Gasteiger partial charge in [0.2, 0.25) is 0 Å². The molecule has 0 unspecified atom stereocenters. The lowest BCUT2D eigenvalue weighted by Crippen LogP contribution is -2.15. The Balaban J connectivity index is 2.06. The number of pyridine rings is 1. The molecule has 0 aromatic carbocycles. The maximum absolute atomic E-state index is 11.0. The smallest absolute Gasteiger partial charge is 0.278 e. The van der Waals surface area contributed by atoms with Crippen molar-refractivity contribution in [3.05, 3.63) is 51.1 Å². The maximum Gasteiger partial charge on any atom is 0.278 e. The summed E-state index contributed by atoms with van der Waals surface area (Å²) in [6.07, 6.45) is 5.25. The van der Waals surface area contributed by atoms with Crippen molar-refractivity contribution in [2.45, 2.75) is 26.9 Å². The van der Waals surface area contributed by atoms with Crippen LogP contribution in [0.2, 0.25) is 0 Å². The number of hydrogen-bond donors (Lipinski definition) is 1. The molecule has 1 N–H and O–H groups in total. The molecule has 0 aliphatic carbocycles. The molecule has 0 fully saturated rings. The highest BCUT2D eigenvalue weighted by atomic mass is 16.6. The van der Waals surface area contributed by atoms with Crippen LogP contribution in [0.15, 0.2) is 18.6 Å². The summed E-state index contributed by atoms with van der Waals surface area (Å²) in [6.45, 7) is 4.57. The van der Waals surface area contributed by atoms with Gasteiger partial charge in [0, 0.05) is 49.2 Å². The second-order valence-corrected chi connectivity index (χ2v) is 4.74. The van der Waals surface area contributed by atoms with E-state index in [1.807, 2.05) is 13.2 Å². The molecule has 0 spiro atoms. The van der Waals surface area contributed by atoms with E-state index in [2.05, 4.69) is 15.4 Å². The average Bonchev–Trinajstić information content (AvgIpc) is 2.77. The van der Waals surface area contributed by atoms with E-state index in [-0.39, 0.29) is 10.6 Å². The first-order valence-corrected chi connectivity index (χ1v) is 6.26. The number of nitro groups is 1. The minimum atomic E-state index is -0.350. The van der Waals surface area contributed by atoms with Crippen molar-refractivity contribution in [2.24, 2.45) is 7.05 Å². The molecule has 0 saturated heterocycles. The fourth-order valence-electron chi connectivity index (χ4n) is 2.11. The van der Waals surface area contributed by atoms with Crippen molar-refractivity contribution in [1.82, 2.24) is 20.1 Å². The van der Waals surface area contributed by atoms with Crippen molar-refractivity contribution < 1.29 is 4.92 Å². The Morgan fingerprint density at radius 1 is 1.35 bits per heavy atom. The summed E-state index contributed by atoms with van der Waals surface area (Å²) >= 11 is 0. The first-order chi connectivity index (χ1) is 9.49. The highest BCUT2D eigenvalue weighted by Gasteiger charge is 2.18. The van der Waals surface area contributed by atoms with Crippen LogP contribution in [0.3, 0.4) is 0 Å². The summed E-state index contributed by atoms with van der Waals surface area (Å²) in [6, 6.07) is 0. The minimum absolute atomic E-state index is 0.151. The van der Waals surface area contributed by atoms with Gasteiger partial charge >= 0.3 is 0 Å². The number of aromatic nitrogens is 3. The quantitative estimate of drug-likeness (QED) is 0.662. The van der Waals surface area contributed by atoms with E-state index in [1.165, 1.54) is 0 Å². The Morgan fingerprint density at radius 2 is 2.10 bits per heavy atom. The predicted molar refractivity (Wildman–Crippen MR) is 74.1 cm³/mol. The van der Waals surface area contributed by atoms with E-state index in [4.69, 9.17) is 0 Å². The molecule has 2 aromatic heterocycles. The van der Waals surface area contributed by atoms with Crippen LogP contribution >= 0.6 is 0 Å². The Kier molecular flexibility index (Phi) is 4.09.